The van der Waals surface area contributed by atoms with Crippen molar-refractivity contribution in [1.29, 1.82) is 0 Å². The van der Waals surface area contributed by atoms with Crippen LogP contribution in [0.25, 0.3) is 0 Å². The van der Waals surface area contributed by atoms with Crippen LogP contribution in [0.15, 0.2) is 53.4 Å². The number of nitrogens with zero attached hydrogens (tertiary/aromatic N) is 1. The van der Waals surface area contributed by atoms with E-state index in [-0.39, 0.29) is 28.1 Å². The Morgan fingerprint density at radius 1 is 1.08 bits per heavy atom. The van der Waals surface area contributed by atoms with Crippen LogP contribution in [0.1, 0.15) is 19.8 Å². The van der Waals surface area contributed by atoms with Crippen molar-refractivity contribution in [3.8, 4) is 0 Å². The number of nitrogens with one attached hydrogen (secondary N) is 1. The molecular weight excluding hydrogens is 395 g/mol. The second-order valence-corrected chi connectivity index (χ2v) is 8.30. The quantitative estimate of drug-likeness (QED) is 0.660. The molecule has 0 aliphatic heterocycles. The lowest BCUT2D eigenvalue weighted by atomic mass is 10.3. The van der Waals surface area contributed by atoms with Crippen LogP contribution in [0.4, 0.5) is 5.69 Å². The van der Waals surface area contributed by atoms with E-state index < -0.39 is 10.0 Å². The molecular formula is C18H20Cl2N2O3S. The third-order valence-corrected chi connectivity index (χ3v) is 6.19. The van der Waals surface area contributed by atoms with Crippen molar-refractivity contribution < 1.29 is 13.2 Å². The van der Waals surface area contributed by atoms with Gasteiger partial charge in [0.1, 0.15) is 6.54 Å². The number of carbonyl (C=O) groups is 1. The highest BCUT2D eigenvalue weighted by Gasteiger charge is 2.27. The highest BCUT2D eigenvalue weighted by Crippen LogP contribution is 2.30. The normalized spacial score (nSPS) is 11.2. The molecule has 0 saturated carbocycles. The molecule has 1 amide bonds. The predicted octanol–water partition coefficient (Wildman–Crippen LogP) is 4.11. The Labute approximate surface area is 164 Å². The lowest BCUT2D eigenvalue weighted by Gasteiger charge is -2.24. The minimum atomic E-state index is -3.94. The Balaban J connectivity index is 2.38. The predicted molar refractivity (Wildman–Crippen MR) is 105 cm³/mol. The molecule has 0 atom stereocenters. The van der Waals surface area contributed by atoms with E-state index in [1.54, 1.807) is 18.2 Å². The van der Waals surface area contributed by atoms with Gasteiger partial charge >= 0.3 is 0 Å². The van der Waals surface area contributed by atoms with Crippen molar-refractivity contribution in [3.05, 3.63) is 58.6 Å². The van der Waals surface area contributed by atoms with Crippen molar-refractivity contribution in [2.75, 3.05) is 17.4 Å². The van der Waals surface area contributed by atoms with Gasteiger partial charge in [-0.25, -0.2) is 8.42 Å². The van der Waals surface area contributed by atoms with E-state index in [4.69, 9.17) is 23.2 Å². The fourth-order valence-electron chi connectivity index (χ4n) is 2.27. The van der Waals surface area contributed by atoms with Crippen LogP contribution in [0.3, 0.4) is 0 Å². The number of hydrogen-bond donors (Lipinski definition) is 1. The number of amides is 1. The Morgan fingerprint density at radius 2 is 1.77 bits per heavy atom. The molecule has 2 aromatic carbocycles. The van der Waals surface area contributed by atoms with E-state index >= 15 is 0 Å². The third-order valence-electron chi connectivity index (χ3n) is 3.66. The zero-order chi connectivity index (χ0) is 19.2. The summed E-state index contributed by atoms with van der Waals surface area (Å²) in [7, 11) is -3.94. The summed E-state index contributed by atoms with van der Waals surface area (Å²) in [5, 5.41) is 3.25. The van der Waals surface area contributed by atoms with Crippen LogP contribution in [0.5, 0.6) is 0 Å². The minimum absolute atomic E-state index is 0.0902. The van der Waals surface area contributed by atoms with Gasteiger partial charge in [-0.05, 0) is 36.8 Å². The summed E-state index contributed by atoms with van der Waals surface area (Å²) in [5.74, 6) is -0.385. The summed E-state index contributed by atoms with van der Waals surface area (Å²) in [6, 6.07) is 12.4. The maximum Gasteiger partial charge on any atom is 0.264 e. The third kappa shape index (κ3) is 5.13. The number of anilines is 1. The molecule has 0 spiro atoms. The molecule has 140 valence electrons. The van der Waals surface area contributed by atoms with Gasteiger partial charge in [-0.2, -0.15) is 0 Å². The molecule has 0 saturated heterocycles. The molecule has 0 radical (unpaired) electrons. The lowest BCUT2D eigenvalue weighted by molar-refractivity contribution is -0.119. The highest BCUT2D eigenvalue weighted by molar-refractivity contribution is 7.92. The molecule has 0 aliphatic rings. The SMILES string of the molecule is CCCCNC(=O)CN(c1ccc(Cl)c(Cl)c1)S(=O)(=O)c1ccccc1. The first-order valence-electron chi connectivity index (χ1n) is 8.15. The van der Waals surface area contributed by atoms with E-state index in [0.29, 0.717) is 11.6 Å². The second kappa shape index (κ2) is 9.26. The van der Waals surface area contributed by atoms with Crippen LogP contribution in [-0.2, 0) is 14.8 Å². The maximum absolute atomic E-state index is 13.1. The number of hydrogen-bond acceptors (Lipinski definition) is 3. The fourth-order valence-corrected chi connectivity index (χ4v) is 3.99. The maximum atomic E-state index is 13.1. The van der Waals surface area contributed by atoms with E-state index in [1.807, 2.05) is 6.92 Å². The summed E-state index contributed by atoms with van der Waals surface area (Å²) in [6.07, 6.45) is 1.75. The van der Waals surface area contributed by atoms with Crippen LogP contribution < -0.4 is 9.62 Å². The van der Waals surface area contributed by atoms with Crippen LogP contribution in [-0.4, -0.2) is 27.4 Å². The molecule has 0 unspecified atom stereocenters. The average Bonchev–Trinajstić information content (AvgIpc) is 2.63. The van der Waals surface area contributed by atoms with Crippen molar-refractivity contribution in [2.24, 2.45) is 0 Å². The van der Waals surface area contributed by atoms with Crippen molar-refractivity contribution in [1.82, 2.24) is 5.32 Å². The molecule has 1 N–H and O–H groups in total. The molecule has 0 aromatic heterocycles. The molecule has 0 bridgehead atoms. The van der Waals surface area contributed by atoms with Gasteiger partial charge in [-0.1, -0.05) is 54.7 Å². The van der Waals surface area contributed by atoms with Crippen molar-refractivity contribution in [2.45, 2.75) is 24.7 Å². The smallest absolute Gasteiger partial charge is 0.264 e. The molecule has 2 aromatic rings. The topological polar surface area (TPSA) is 66.5 Å². The van der Waals surface area contributed by atoms with Gasteiger partial charge in [0.05, 0.1) is 20.6 Å². The zero-order valence-electron chi connectivity index (χ0n) is 14.3. The summed E-state index contributed by atoms with van der Waals surface area (Å²) >= 11 is 12.0. The average molecular weight is 415 g/mol. The zero-order valence-corrected chi connectivity index (χ0v) is 16.6. The van der Waals surface area contributed by atoms with Crippen LogP contribution in [0, 0.1) is 0 Å². The van der Waals surface area contributed by atoms with Gasteiger partial charge in [0.15, 0.2) is 0 Å². The number of sulfonamides is 1. The molecule has 26 heavy (non-hydrogen) atoms. The number of benzene rings is 2. The Morgan fingerprint density at radius 3 is 2.38 bits per heavy atom. The Kier molecular flexibility index (Phi) is 7.32. The summed E-state index contributed by atoms with van der Waals surface area (Å²) in [6.45, 7) is 2.16. The first-order chi connectivity index (χ1) is 12.4. The van der Waals surface area contributed by atoms with Gasteiger partial charge in [-0.3, -0.25) is 9.10 Å². The number of unbranched alkanes of at least 4 members (excludes halogenated alkanes) is 1. The van der Waals surface area contributed by atoms with Crippen LogP contribution >= 0.6 is 23.2 Å². The van der Waals surface area contributed by atoms with Gasteiger partial charge in [-0.15, -0.1) is 0 Å². The van der Waals surface area contributed by atoms with E-state index in [1.165, 1.54) is 30.3 Å². The molecule has 5 nitrogen and oxygen atoms in total. The fraction of sp³-hybridized carbons (Fsp3) is 0.278. The summed E-state index contributed by atoms with van der Waals surface area (Å²) in [5.41, 5.74) is 0.272. The summed E-state index contributed by atoms with van der Waals surface area (Å²) in [4.78, 5) is 12.3. The molecule has 0 heterocycles. The van der Waals surface area contributed by atoms with Gasteiger partial charge < -0.3 is 5.32 Å². The minimum Gasteiger partial charge on any atom is -0.355 e. The van der Waals surface area contributed by atoms with Crippen molar-refractivity contribution >= 4 is 44.8 Å². The van der Waals surface area contributed by atoms with E-state index in [0.717, 1.165) is 17.1 Å². The number of rotatable bonds is 8. The Bertz CT molecular complexity index is 858. The van der Waals surface area contributed by atoms with Gasteiger partial charge in [0.2, 0.25) is 5.91 Å². The standard InChI is InChI=1S/C18H20Cl2N2O3S/c1-2-3-11-21-18(23)13-22(14-9-10-16(19)17(20)12-14)26(24,25)15-7-5-4-6-8-15/h4-10,12H,2-3,11,13H2,1H3,(H,21,23). The van der Waals surface area contributed by atoms with Gasteiger partial charge in [0, 0.05) is 6.54 Å². The lowest BCUT2D eigenvalue weighted by Crippen LogP contribution is -2.41. The molecule has 0 aliphatic carbocycles. The molecule has 2 rings (SSSR count). The van der Waals surface area contributed by atoms with Gasteiger partial charge in [0.25, 0.3) is 10.0 Å². The monoisotopic (exact) mass is 414 g/mol. The molecule has 8 heteroatoms. The molecule has 0 fully saturated rings. The van der Waals surface area contributed by atoms with E-state index in [9.17, 15) is 13.2 Å². The van der Waals surface area contributed by atoms with E-state index in [2.05, 4.69) is 5.32 Å². The number of halogens is 2. The van der Waals surface area contributed by atoms with Crippen LogP contribution in [0.2, 0.25) is 10.0 Å². The second-order valence-electron chi connectivity index (χ2n) is 5.63. The largest absolute Gasteiger partial charge is 0.355 e. The summed E-state index contributed by atoms with van der Waals surface area (Å²) < 4.78 is 27.2. The first kappa shape index (κ1) is 20.6. The Hall–Kier alpha value is -1.76. The van der Waals surface area contributed by atoms with Crippen molar-refractivity contribution in [3.63, 3.8) is 0 Å². The first-order valence-corrected chi connectivity index (χ1v) is 10.4. The highest BCUT2D eigenvalue weighted by atomic mass is 35.5. The number of carbonyl (C=O) groups excluding carboxylic acids is 1.